The second kappa shape index (κ2) is 13.1. The topological polar surface area (TPSA) is 39.7 Å². The molecule has 0 amide bonds. The minimum absolute atomic E-state index is 0. The van der Waals surface area contributed by atoms with Crippen molar-refractivity contribution in [2.45, 2.75) is 39.2 Å². The van der Waals surface area contributed by atoms with Gasteiger partial charge in [0.05, 0.1) is 0 Å². The molecule has 1 rings (SSSR count). The first-order valence-electron chi connectivity index (χ1n) is 7.79. The Kier molecular flexibility index (Phi) is 12.8. The maximum atomic E-state index is 4.61. The predicted octanol–water partition coefficient (Wildman–Crippen LogP) is 2.78. The number of nitrogens with zero attached hydrogens (tertiary/aromatic N) is 2. The summed E-state index contributed by atoms with van der Waals surface area (Å²) in [5.41, 5.74) is 0. The third kappa shape index (κ3) is 9.14. The van der Waals surface area contributed by atoms with Crippen LogP contribution in [0.25, 0.3) is 0 Å². The standard InChI is InChI=1S/C16H30N4.HI/c1-4-7-8-11-18-16(17-6-3)19-15-9-13-20(12-5-2)14-10-15;/h4-5,7,15H,2,6,8-14H2,1,3H3,(H2,17,18,19);1H/b7-4+;. The average molecular weight is 406 g/mol. The molecule has 1 heterocycles. The van der Waals surface area contributed by atoms with E-state index in [0.717, 1.165) is 45.1 Å². The van der Waals surface area contributed by atoms with Crippen LogP contribution in [0.5, 0.6) is 0 Å². The molecule has 1 fully saturated rings. The van der Waals surface area contributed by atoms with E-state index >= 15 is 0 Å². The minimum atomic E-state index is 0. The summed E-state index contributed by atoms with van der Waals surface area (Å²) in [5, 5.41) is 6.89. The van der Waals surface area contributed by atoms with E-state index in [4.69, 9.17) is 0 Å². The molecule has 122 valence electrons. The molecule has 2 N–H and O–H groups in total. The van der Waals surface area contributed by atoms with Crippen LogP contribution in [0.3, 0.4) is 0 Å². The highest BCUT2D eigenvalue weighted by atomic mass is 127. The van der Waals surface area contributed by atoms with Crippen LogP contribution in [-0.2, 0) is 0 Å². The molecule has 0 aromatic rings. The number of halogens is 1. The molecule has 0 aromatic carbocycles. The molecular formula is C16H31IN4. The Hall–Kier alpha value is -0.560. The lowest BCUT2D eigenvalue weighted by atomic mass is 10.1. The molecule has 1 saturated heterocycles. The zero-order chi connectivity index (χ0) is 14.6. The van der Waals surface area contributed by atoms with Gasteiger partial charge in [0.2, 0.25) is 0 Å². The molecule has 21 heavy (non-hydrogen) atoms. The Morgan fingerprint density at radius 2 is 2.10 bits per heavy atom. The minimum Gasteiger partial charge on any atom is -0.357 e. The van der Waals surface area contributed by atoms with Crippen molar-refractivity contribution < 1.29 is 0 Å². The smallest absolute Gasteiger partial charge is 0.191 e. The van der Waals surface area contributed by atoms with Crippen molar-refractivity contribution in [2.75, 3.05) is 32.7 Å². The lowest BCUT2D eigenvalue weighted by Crippen LogP contribution is -2.48. The van der Waals surface area contributed by atoms with E-state index in [0.29, 0.717) is 6.04 Å². The van der Waals surface area contributed by atoms with Gasteiger partial charge in [-0.1, -0.05) is 18.2 Å². The normalized spacial score (nSPS) is 17.5. The zero-order valence-electron chi connectivity index (χ0n) is 13.5. The van der Waals surface area contributed by atoms with Gasteiger partial charge in [-0.2, -0.15) is 0 Å². The van der Waals surface area contributed by atoms with Gasteiger partial charge in [0.25, 0.3) is 0 Å². The summed E-state index contributed by atoms with van der Waals surface area (Å²) in [6.07, 6.45) is 9.57. The van der Waals surface area contributed by atoms with Crippen LogP contribution >= 0.6 is 24.0 Å². The van der Waals surface area contributed by atoms with E-state index in [1.807, 2.05) is 13.0 Å². The molecule has 0 aliphatic carbocycles. The van der Waals surface area contributed by atoms with E-state index in [9.17, 15) is 0 Å². The lowest BCUT2D eigenvalue weighted by molar-refractivity contribution is 0.225. The number of hydrogen-bond acceptors (Lipinski definition) is 2. The maximum absolute atomic E-state index is 4.61. The highest BCUT2D eigenvalue weighted by Gasteiger charge is 2.18. The summed E-state index contributed by atoms with van der Waals surface area (Å²) < 4.78 is 0. The zero-order valence-corrected chi connectivity index (χ0v) is 15.8. The number of likely N-dealkylation sites (tertiary alicyclic amines) is 1. The second-order valence-electron chi connectivity index (χ2n) is 5.13. The van der Waals surface area contributed by atoms with Crippen LogP contribution in [0.15, 0.2) is 29.8 Å². The highest BCUT2D eigenvalue weighted by molar-refractivity contribution is 14.0. The van der Waals surface area contributed by atoms with Gasteiger partial charge < -0.3 is 10.6 Å². The monoisotopic (exact) mass is 406 g/mol. The highest BCUT2D eigenvalue weighted by Crippen LogP contribution is 2.09. The van der Waals surface area contributed by atoms with Crippen LogP contribution in [0.4, 0.5) is 0 Å². The van der Waals surface area contributed by atoms with Gasteiger partial charge >= 0.3 is 0 Å². The largest absolute Gasteiger partial charge is 0.357 e. The molecule has 0 atom stereocenters. The molecule has 0 saturated carbocycles. The van der Waals surface area contributed by atoms with Gasteiger partial charge in [-0.05, 0) is 33.1 Å². The molecule has 0 aromatic heterocycles. The van der Waals surface area contributed by atoms with E-state index in [-0.39, 0.29) is 24.0 Å². The lowest BCUT2D eigenvalue weighted by Gasteiger charge is -2.32. The Bertz CT molecular complexity index is 320. The van der Waals surface area contributed by atoms with Crippen LogP contribution in [0.1, 0.15) is 33.1 Å². The van der Waals surface area contributed by atoms with E-state index < -0.39 is 0 Å². The third-order valence-electron chi connectivity index (χ3n) is 3.46. The molecule has 0 spiro atoms. The van der Waals surface area contributed by atoms with Gasteiger partial charge in [0, 0.05) is 38.8 Å². The van der Waals surface area contributed by atoms with E-state index in [1.54, 1.807) is 0 Å². The van der Waals surface area contributed by atoms with Gasteiger partial charge in [0.1, 0.15) is 0 Å². The molecule has 0 unspecified atom stereocenters. The number of hydrogen-bond donors (Lipinski definition) is 2. The molecule has 0 radical (unpaired) electrons. The summed E-state index contributed by atoms with van der Waals surface area (Å²) in [6, 6.07) is 0.538. The first-order chi connectivity index (χ1) is 9.80. The fraction of sp³-hybridized carbons (Fsp3) is 0.688. The number of rotatable bonds is 7. The van der Waals surface area contributed by atoms with Crippen LogP contribution in [0.2, 0.25) is 0 Å². The first kappa shape index (κ1) is 20.4. The fourth-order valence-corrected chi connectivity index (χ4v) is 2.37. The number of guanidine groups is 1. The summed E-state index contributed by atoms with van der Waals surface area (Å²) in [7, 11) is 0. The van der Waals surface area contributed by atoms with Crippen molar-refractivity contribution in [3.63, 3.8) is 0 Å². The van der Waals surface area contributed by atoms with Crippen molar-refractivity contribution in [2.24, 2.45) is 4.99 Å². The van der Waals surface area contributed by atoms with Crippen LogP contribution in [0, 0.1) is 0 Å². The first-order valence-corrected chi connectivity index (χ1v) is 7.79. The summed E-state index contributed by atoms with van der Waals surface area (Å²) in [6.45, 7) is 13.0. The van der Waals surface area contributed by atoms with Gasteiger partial charge in [-0.15, -0.1) is 30.6 Å². The quantitative estimate of drug-likeness (QED) is 0.225. The summed E-state index contributed by atoms with van der Waals surface area (Å²) in [4.78, 5) is 7.06. The Labute approximate surface area is 147 Å². The van der Waals surface area contributed by atoms with Gasteiger partial charge in [-0.25, -0.2) is 0 Å². The Morgan fingerprint density at radius 1 is 1.38 bits per heavy atom. The molecular weight excluding hydrogens is 375 g/mol. The van der Waals surface area contributed by atoms with E-state index in [1.165, 1.54) is 12.8 Å². The SMILES string of the molecule is C=CCN1CCC(NC(=NCC/C=C/C)NCC)CC1.I. The Morgan fingerprint density at radius 3 is 2.67 bits per heavy atom. The number of allylic oxidation sites excluding steroid dienone is 1. The van der Waals surface area contributed by atoms with Crippen molar-refractivity contribution in [1.82, 2.24) is 15.5 Å². The second-order valence-corrected chi connectivity index (χ2v) is 5.13. The molecule has 0 bridgehead atoms. The molecule has 1 aliphatic heterocycles. The summed E-state index contributed by atoms with van der Waals surface area (Å²) >= 11 is 0. The molecule has 4 nitrogen and oxygen atoms in total. The predicted molar refractivity (Wildman–Crippen MR) is 104 cm³/mol. The average Bonchev–Trinajstić information content (AvgIpc) is 2.46. The fourth-order valence-electron chi connectivity index (χ4n) is 2.37. The van der Waals surface area contributed by atoms with Crippen molar-refractivity contribution in [3.8, 4) is 0 Å². The maximum Gasteiger partial charge on any atom is 0.191 e. The van der Waals surface area contributed by atoms with Crippen LogP contribution in [-0.4, -0.2) is 49.6 Å². The Balaban J connectivity index is 0.00000400. The molecule has 1 aliphatic rings. The number of piperidine rings is 1. The van der Waals surface area contributed by atoms with Crippen molar-refractivity contribution >= 4 is 29.9 Å². The molecule has 5 heteroatoms. The number of aliphatic imine (C=N–C) groups is 1. The number of nitrogens with one attached hydrogen (secondary N) is 2. The van der Waals surface area contributed by atoms with Gasteiger partial charge in [0.15, 0.2) is 5.96 Å². The van der Waals surface area contributed by atoms with Crippen molar-refractivity contribution in [3.05, 3.63) is 24.8 Å². The van der Waals surface area contributed by atoms with E-state index in [2.05, 4.69) is 46.2 Å². The summed E-state index contributed by atoms with van der Waals surface area (Å²) in [5.74, 6) is 0.958. The van der Waals surface area contributed by atoms with Crippen LogP contribution < -0.4 is 10.6 Å². The van der Waals surface area contributed by atoms with Crippen molar-refractivity contribution in [1.29, 1.82) is 0 Å². The van der Waals surface area contributed by atoms with Gasteiger partial charge in [-0.3, -0.25) is 9.89 Å². The third-order valence-corrected chi connectivity index (χ3v) is 3.46.